The van der Waals surface area contributed by atoms with Crippen LogP contribution in [-0.4, -0.2) is 112 Å². The van der Waals surface area contributed by atoms with Crippen LogP contribution in [0.2, 0.25) is 0 Å². The van der Waals surface area contributed by atoms with Gasteiger partial charge >= 0.3 is 229 Å². The SMILES string of the molecule is CN(C)c1ccc2c(-c3ccc(N(CC(=O)O)CC(=O)O)c(OCCOc4cc(F)ccc4N(CC(=O)O)CC(=O)O)c3)c3ccc(=[N+](C)C)cc-3oc2c1.[K+].[K+].[K+].[K+]. The van der Waals surface area contributed by atoms with Gasteiger partial charge in [-0.1, -0.05) is 6.07 Å². The topological polar surface area (TPSA) is 194 Å². The van der Waals surface area contributed by atoms with Gasteiger partial charge in [0.15, 0.2) is 0 Å². The average Bonchev–Trinajstić information content (AvgIpc) is 3.10. The number of carboxylic acid groups (broad SMARTS) is 4. The molecule has 5 rings (SSSR count). The van der Waals surface area contributed by atoms with Crippen LogP contribution in [0.4, 0.5) is 21.5 Å². The molecule has 0 unspecified atom stereocenters. The molecule has 3 aromatic rings. The molecule has 0 bridgehead atoms. The third-order valence-corrected chi connectivity index (χ3v) is 8.48. The summed E-state index contributed by atoms with van der Waals surface area (Å²) >= 11 is 0. The minimum Gasteiger partial charge on any atom is -0.488 e. The van der Waals surface area contributed by atoms with Crippen molar-refractivity contribution in [1.82, 2.24) is 4.58 Å². The quantitative estimate of drug-likeness (QED) is 0.0298. The van der Waals surface area contributed by atoms with Crippen molar-refractivity contribution in [3.63, 3.8) is 0 Å². The zero-order valence-corrected chi connectivity index (χ0v) is 47.0. The molecule has 0 saturated heterocycles. The average molecular weight is 916 g/mol. The molecule has 59 heavy (non-hydrogen) atoms. The Labute approximate surface area is 509 Å². The Hall–Kier alpha value is -0.295. The van der Waals surface area contributed by atoms with Crippen LogP contribution in [0.3, 0.4) is 0 Å². The van der Waals surface area contributed by atoms with Gasteiger partial charge in [-0.3, -0.25) is 19.2 Å². The van der Waals surface area contributed by atoms with Gasteiger partial charge in [-0.25, -0.2) is 8.97 Å². The van der Waals surface area contributed by atoms with E-state index >= 15 is 0 Å². The van der Waals surface area contributed by atoms with Crippen molar-refractivity contribution in [2.75, 3.05) is 82.3 Å². The van der Waals surface area contributed by atoms with E-state index in [0.29, 0.717) is 16.9 Å². The third-order valence-electron chi connectivity index (χ3n) is 8.48. The monoisotopic (exact) mass is 915 g/mol. The molecule has 0 aromatic heterocycles. The van der Waals surface area contributed by atoms with Crippen LogP contribution in [-0.2, 0) is 19.2 Å². The maximum Gasteiger partial charge on any atom is 1.00 e. The van der Waals surface area contributed by atoms with Gasteiger partial charge in [0.1, 0.15) is 82.1 Å². The molecule has 288 valence electrons. The number of ether oxygens (including phenoxy) is 2. The maximum atomic E-state index is 14.3. The van der Waals surface area contributed by atoms with Crippen LogP contribution in [0.5, 0.6) is 11.5 Å². The molecule has 0 saturated carbocycles. The summed E-state index contributed by atoms with van der Waals surface area (Å²) in [6.07, 6.45) is 0. The first-order valence-corrected chi connectivity index (χ1v) is 16.9. The predicted octanol–water partition coefficient (Wildman–Crippen LogP) is -8.13. The molecule has 0 radical (unpaired) electrons. The van der Waals surface area contributed by atoms with Gasteiger partial charge in [-0.2, -0.15) is 0 Å². The Morgan fingerprint density at radius 2 is 1.17 bits per heavy atom. The van der Waals surface area contributed by atoms with Crippen LogP contribution >= 0.6 is 0 Å². The second kappa shape index (κ2) is 26.5. The molecule has 1 heterocycles. The molecule has 2 aliphatic rings. The molecule has 15 nitrogen and oxygen atoms in total. The Bertz CT molecular complexity index is 2290. The number of anilines is 3. The van der Waals surface area contributed by atoms with E-state index in [1.54, 1.807) is 18.2 Å². The summed E-state index contributed by atoms with van der Waals surface area (Å²) in [5.41, 5.74) is 3.84. The van der Waals surface area contributed by atoms with Crippen LogP contribution in [0.25, 0.3) is 33.4 Å². The smallest absolute Gasteiger partial charge is 0.488 e. The first-order chi connectivity index (χ1) is 26.1. The molecule has 20 heteroatoms. The molecule has 0 fully saturated rings. The number of hydrogen-bond acceptors (Lipinski definition) is 10. The first kappa shape index (κ1) is 56.7. The molecule has 0 atom stereocenters. The van der Waals surface area contributed by atoms with E-state index in [1.165, 1.54) is 6.07 Å². The van der Waals surface area contributed by atoms with E-state index in [9.17, 15) is 44.0 Å². The standard InChI is InChI=1S/C39H39FN4O11.4K/c1-41(2)25-7-9-27-31(17-25)55-32-18-26(42(3)4)8-10-28(32)39(27)23-5-11-29(43(19-35(45)46)20-36(47)48)33(15-23)53-13-14-54-34-16-24(40)6-12-30(34)44(21-37(49)50)22-38(51)52;;;;/h5-12,15-18H,13-14,19-22H2,1-4H3,(H3-,45,46,47,48,49,50,51,52);;;;/q;4*+1/p+1. The number of benzene rings is 4. The fraction of sp³-hybridized carbons (Fsp3) is 0.256. The van der Waals surface area contributed by atoms with Crippen LogP contribution in [0, 0.1) is 5.82 Å². The third kappa shape index (κ3) is 15.7. The van der Waals surface area contributed by atoms with Gasteiger partial charge in [0, 0.05) is 54.5 Å². The van der Waals surface area contributed by atoms with Crippen molar-refractivity contribution < 1.29 is 263 Å². The zero-order valence-electron chi connectivity index (χ0n) is 34.5. The largest absolute Gasteiger partial charge is 1.00 e. The number of halogens is 1. The summed E-state index contributed by atoms with van der Waals surface area (Å²) in [5.74, 6) is -5.35. The molecule has 0 spiro atoms. The van der Waals surface area contributed by atoms with E-state index in [1.807, 2.05) is 74.1 Å². The van der Waals surface area contributed by atoms with Gasteiger partial charge in [-0.15, -0.1) is 0 Å². The number of fused-ring (bicyclic) bond motifs is 2. The Morgan fingerprint density at radius 1 is 0.661 bits per heavy atom. The van der Waals surface area contributed by atoms with Gasteiger partial charge in [-0.05, 0) is 48.0 Å². The Kier molecular flexibility index (Phi) is 25.5. The fourth-order valence-corrected chi connectivity index (χ4v) is 6.06. The van der Waals surface area contributed by atoms with Crippen LogP contribution < -0.4 is 240 Å². The van der Waals surface area contributed by atoms with Gasteiger partial charge in [0.25, 0.3) is 0 Å². The van der Waals surface area contributed by atoms with Crippen molar-refractivity contribution in [2.45, 2.75) is 0 Å². The number of aliphatic carboxylic acids is 4. The molecular formula is C39H40FK4N4O11+5. The van der Waals surface area contributed by atoms with Gasteiger partial charge in [0.05, 0.1) is 17.4 Å². The van der Waals surface area contributed by atoms with Crippen LogP contribution in [0.15, 0.2) is 77.2 Å². The second-order valence-electron chi connectivity index (χ2n) is 12.9. The van der Waals surface area contributed by atoms with Crippen molar-refractivity contribution in [2.24, 2.45) is 0 Å². The normalized spacial score (nSPS) is 10.2. The molecule has 1 aliphatic heterocycles. The Morgan fingerprint density at radius 3 is 1.66 bits per heavy atom. The summed E-state index contributed by atoms with van der Waals surface area (Å²) in [6, 6.07) is 19.8. The number of carboxylic acids is 4. The van der Waals surface area contributed by atoms with Crippen LogP contribution in [0.1, 0.15) is 0 Å². The molecular weight excluding hydrogens is 876 g/mol. The summed E-state index contributed by atoms with van der Waals surface area (Å²) < 4.78 is 34.7. The van der Waals surface area contributed by atoms with Crippen molar-refractivity contribution in [1.29, 1.82) is 0 Å². The summed E-state index contributed by atoms with van der Waals surface area (Å²) in [4.78, 5) is 50.8. The molecule has 0 amide bonds. The fourth-order valence-electron chi connectivity index (χ4n) is 6.06. The number of nitrogens with zero attached hydrogens (tertiary/aromatic N) is 4. The van der Waals surface area contributed by atoms with E-state index in [-0.39, 0.29) is 242 Å². The first-order valence-electron chi connectivity index (χ1n) is 16.9. The maximum absolute atomic E-state index is 14.3. The molecule has 3 aromatic carbocycles. The minimum atomic E-state index is -1.32. The molecule has 1 aliphatic carbocycles. The van der Waals surface area contributed by atoms with E-state index in [0.717, 1.165) is 49.5 Å². The second-order valence-corrected chi connectivity index (χ2v) is 12.9. The van der Waals surface area contributed by atoms with Gasteiger partial charge in [0.2, 0.25) is 5.36 Å². The number of hydrogen-bond donors (Lipinski definition) is 4. The zero-order chi connectivity index (χ0) is 40.0. The Balaban J connectivity index is 0.00000435. The molecule has 4 N–H and O–H groups in total. The number of carbonyl (C=O) groups is 4. The predicted molar refractivity (Wildman–Crippen MR) is 202 cm³/mol. The van der Waals surface area contributed by atoms with Crippen molar-refractivity contribution in [3.8, 4) is 33.9 Å². The number of rotatable bonds is 17. The van der Waals surface area contributed by atoms with Crippen molar-refractivity contribution in [3.05, 3.63) is 84.0 Å². The van der Waals surface area contributed by atoms with E-state index in [2.05, 4.69) is 0 Å². The minimum absolute atomic E-state index is 0. The summed E-state index contributed by atoms with van der Waals surface area (Å²) in [7, 11) is 7.65. The summed E-state index contributed by atoms with van der Waals surface area (Å²) in [6.45, 7) is -3.22. The van der Waals surface area contributed by atoms with Gasteiger partial charge < -0.3 is 49.0 Å². The van der Waals surface area contributed by atoms with E-state index in [4.69, 9.17) is 13.9 Å². The van der Waals surface area contributed by atoms with Crippen molar-refractivity contribution >= 4 is 51.9 Å². The summed E-state index contributed by atoms with van der Waals surface area (Å²) in [5, 5.41) is 39.7. The van der Waals surface area contributed by atoms with E-state index < -0.39 is 55.9 Å².